The van der Waals surface area contributed by atoms with Gasteiger partial charge in [-0.1, -0.05) is 11.6 Å². The van der Waals surface area contributed by atoms with E-state index in [0.717, 1.165) is 0 Å². The largest absolute Gasteiger partial charge is 0.214 e. The summed E-state index contributed by atoms with van der Waals surface area (Å²) >= 11 is -0.556. The van der Waals surface area contributed by atoms with Gasteiger partial charge in [0.05, 0.1) is 6.29 Å². The Morgan fingerprint density at radius 1 is 1.22 bits per heavy atom. The van der Waals surface area contributed by atoms with Crippen LogP contribution in [0.25, 0.3) is 0 Å². The fourth-order valence-electron chi connectivity index (χ4n) is 1.06. The topological polar surface area (TPSA) is 37.3 Å². The average molecular weight is 319 g/mol. The summed E-state index contributed by atoms with van der Waals surface area (Å²) in [6.45, 7) is 1.73. The maximum absolute atomic E-state index is 10.1. The van der Waals surface area contributed by atoms with Gasteiger partial charge in [-0.15, -0.1) is 11.6 Å². The first-order valence-electron chi connectivity index (χ1n) is 4.97. The molecule has 2 nitrogen and oxygen atoms in total. The predicted molar refractivity (Wildman–Crippen MR) is 71.4 cm³/mol. The zero-order valence-corrected chi connectivity index (χ0v) is 12.8. The zero-order valence-electron chi connectivity index (χ0n) is 9.73. The van der Waals surface area contributed by atoms with Crippen LogP contribution in [0.3, 0.4) is 0 Å². The van der Waals surface area contributed by atoms with E-state index < -0.39 is 17.0 Å². The van der Waals surface area contributed by atoms with Gasteiger partial charge in [-0.2, -0.15) is 24.3 Å². The molecule has 1 N–H and O–H groups in total. The van der Waals surface area contributed by atoms with E-state index in [1.54, 1.807) is 25.3 Å². The van der Waals surface area contributed by atoms with Crippen LogP contribution >= 0.6 is 18.6 Å². The van der Waals surface area contributed by atoms with E-state index in [-0.39, 0.29) is 11.3 Å². The molecule has 0 aromatic heterocycles. The molecule has 0 saturated heterocycles. The number of benzene rings is 1. The summed E-state index contributed by atoms with van der Waals surface area (Å²) in [4.78, 5) is 10.1. The first-order chi connectivity index (χ1) is 8.67. The van der Waals surface area contributed by atoms with Crippen LogP contribution in [0.4, 0.5) is 0 Å². The van der Waals surface area contributed by atoms with Crippen LogP contribution in [0.5, 0.6) is 5.75 Å². The smallest absolute Gasteiger partial charge is 0.172 e. The SMILES string of the molecule is Cc1cccc([C-]=O)c1O.[Cl][Ti][Cl].c1cc[cH-]c1. The summed E-state index contributed by atoms with van der Waals surface area (Å²) in [5.41, 5.74) is 0.917. The monoisotopic (exact) mass is 318 g/mol. The van der Waals surface area contributed by atoms with Crippen molar-refractivity contribution in [2.24, 2.45) is 0 Å². The molecule has 0 aliphatic rings. The third-order valence-corrected chi connectivity index (χ3v) is 1.90. The second kappa shape index (κ2) is 11.4. The van der Waals surface area contributed by atoms with Gasteiger partial charge in [-0.05, 0) is 6.92 Å². The number of aryl methyl sites for hydroxylation is 1. The van der Waals surface area contributed by atoms with E-state index in [9.17, 15) is 4.79 Å². The molecule has 0 aliphatic carbocycles. The van der Waals surface area contributed by atoms with E-state index in [0.29, 0.717) is 5.56 Å². The number of carbonyl (C=O) groups excluding carboxylic acids is 1. The Morgan fingerprint density at radius 3 is 2.11 bits per heavy atom. The maximum Gasteiger partial charge on any atom is -0.172 e. The summed E-state index contributed by atoms with van der Waals surface area (Å²) in [7, 11) is 9.78. The maximum atomic E-state index is 10.1. The van der Waals surface area contributed by atoms with Gasteiger partial charge in [0, 0.05) is 5.75 Å². The van der Waals surface area contributed by atoms with Gasteiger partial charge < -0.3 is 9.90 Å². The minimum Gasteiger partial charge on any atom is -0.214 e. The van der Waals surface area contributed by atoms with Crippen LogP contribution in [-0.2, 0) is 21.8 Å². The van der Waals surface area contributed by atoms with Crippen LogP contribution in [0.15, 0.2) is 48.5 Å². The third-order valence-electron chi connectivity index (χ3n) is 1.90. The van der Waals surface area contributed by atoms with E-state index in [4.69, 9.17) is 23.7 Å². The Morgan fingerprint density at radius 2 is 1.78 bits per heavy atom. The molecule has 0 bridgehead atoms. The van der Waals surface area contributed by atoms with Crippen LogP contribution < -0.4 is 0 Å². The van der Waals surface area contributed by atoms with Crippen molar-refractivity contribution >= 4 is 24.9 Å². The summed E-state index contributed by atoms with van der Waals surface area (Å²) in [5, 5.41) is 9.14. The van der Waals surface area contributed by atoms with Crippen molar-refractivity contribution in [1.29, 1.82) is 0 Å². The summed E-state index contributed by atoms with van der Waals surface area (Å²) < 4.78 is 0. The molecule has 0 heterocycles. The fraction of sp³-hybridized carbons (Fsp3) is 0.0769. The van der Waals surface area contributed by atoms with E-state index in [1.165, 1.54) is 6.07 Å². The number of hydrogen-bond donors (Lipinski definition) is 1. The quantitative estimate of drug-likeness (QED) is 0.638. The number of para-hydroxylation sites is 1. The van der Waals surface area contributed by atoms with E-state index >= 15 is 0 Å². The first kappa shape index (κ1) is 17.3. The van der Waals surface area contributed by atoms with Gasteiger partial charge in [-0.25, -0.2) is 12.1 Å². The second-order valence-corrected chi connectivity index (χ2v) is 5.69. The molecule has 0 radical (unpaired) electrons. The Labute approximate surface area is 124 Å². The van der Waals surface area contributed by atoms with Gasteiger partial charge in [-0.3, -0.25) is 0 Å². The predicted octanol–water partition coefficient (Wildman–Crippen LogP) is 3.94. The van der Waals surface area contributed by atoms with Gasteiger partial charge in [0.1, 0.15) is 0 Å². The standard InChI is InChI=1S/C8H7O2.C5H5.2ClH.Ti/c1-6-3-2-4-7(5-9)8(6)10;1-2-4-5-3-1;;;/h2-4,10H,1H3;1-5H;2*1H;/q2*-1;;;+2/p-2. The van der Waals surface area contributed by atoms with Crippen molar-refractivity contribution in [3.05, 3.63) is 59.7 Å². The minimum absolute atomic E-state index is 0.0255. The van der Waals surface area contributed by atoms with Crippen LogP contribution in [0.1, 0.15) is 11.1 Å². The van der Waals surface area contributed by atoms with Gasteiger partial charge in [0.25, 0.3) is 0 Å². The number of halogens is 2. The summed E-state index contributed by atoms with van der Waals surface area (Å²) in [6.07, 6.45) is 1.64. The van der Waals surface area contributed by atoms with Gasteiger partial charge in [0.2, 0.25) is 0 Å². The van der Waals surface area contributed by atoms with Gasteiger partial charge in [0.15, 0.2) is 0 Å². The number of phenolic OH excluding ortho intramolecular Hbond substituents is 1. The normalized spacial score (nSPS) is 8.17. The van der Waals surface area contributed by atoms with E-state index in [1.807, 2.05) is 30.3 Å². The molecule has 2 aromatic rings. The number of phenols is 1. The summed E-state index contributed by atoms with van der Waals surface area (Å²) in [5.74, 6) is 0.0255. The molecule has 0 atom stereocenters. The molecule has 18 heavy (non-hydrogen) atoms. The molecule has 0 spiro atoms. The van der Waals surface area contributed by atoms with Crippen LogP contribution in [0, 0.1) is 6.92 Å². The molecule has 0 fully saturated rings. The van der Waals surface area contributed by atoms with Crippen molar-refractivity contribution in [3.8, 4) is 5.75 Å². The van der Waals surface area contributed by atoms with Crippen molar-refractivity contribution in [3.63, 3.8) is 0 Å². The number of aromatic hydroxyl groups is 1. The summed E-state index contributed by atoms with van der Waals surface area (Å²) in [6, 6.07) is 15.0. The van der Waals surface area contributed by atoms with Gasteiger partial charge >= 0.3 is 35.6 Å². The number of hydrogen-bond acceptors (Lipinski definition) is 2. The molecule has 5 heteroatoms. The van der Waals surface area contributed by atoms with Crippen molar-refractivity contribution in [2.45, 2.75) is 6.92 Å². The van der Waals surface area contributed by atoms with Crippen molar-refractivity contribution < 1.29 is 26.9 Å². The molecular formula is C13H12Cl2O2Ti-2. The average Bonchev–Trinajstić information content (AvgIpc) is 2.93. The zero-order chi connectivity index (χ0) is 13.8. The Bertz CT molecular complexity index is 413. The Balaban J connectivity index is 0.000000301. The molecule has 0 unspecified atom stereocenters. The Hall–Kier alpha value is -0.666. The minimum atomic E-state index is -0.556. The van der Waals surface area contributed by atoms with Crippen molar-refractivity contribution in [1.82, 2.24) is 0 Å². The fourth-order valence-corrected chi connectivity index (χ4v) is 1.06. The molecule has 0 saturated carbocycles. The molecule has 96 valence electrons. The second-order valence-electron chi connectivity index (χ2n) is 3.11. The Kier molecular flexibility index (Phi) is 11.0. The molecular weight excluding hydrogens is 307 g/mol. The first-order valence-corrected chi connectivity index (χ1v) is 9.26. The van der Waals surface area contributed by atoms with E-state index in [2.05, 4.69) is 0 Å². The molecule has 0 amide bonds. The third kappa shape index (κ3) is 7.62. The number of rotatable bonds is 1. The molecule has 0 aliphatic heterocycles. The van der Waals surface area contributed by atoms with Crippen LogP contribution in [0.2, 0.25) is 0 Å². The molecule has 2 rings (SSSR count). The van der Waals surface area contributed by atoms with Crippen molar-refractivity contribution in [2.75, 3.05) is 0 Å². The van der Waals surface area contributed by atoms with Crippen LogP contribution in [-0.4, -0.2) is 11.4 Å². The molecule has 2 aromatic carbocycles.